The fraction of sp³-hybridized carbons (Fsp3) is 0.100. The molecule has 6 nitrogen and oxygen atoms in total. The van der Waals surface area contributed by atoms with Gasteiger partial charge in [-0.1, -0.05) is 17.2 Å². The lowest BCUT2D eigenvalue weighted by Gasteiger charge is -2.10. The first-order valence-corrected chi connectivity index (χ1v) is 11.2. The molecule has 0 bridgehead atoms. The molecular weight excluding hydrogens is 444 g/mol. The van der Waals surface area contributed by atoms with Gasteiger partial charge in [0.05, 0.1) is 0 Å². The summed E-state index contributed by atoms with van der Waals surface area (Å²) in [4.78, 5) is 5.81. The maximum Gasteiger partial charge on any atom is 0.242 e. The predicted octanol–water partition coefficient (Wildman–Crippen LogP) is -0.661. The minimum absolute atomic E-state index is 0.338. The number of nitrogens with two attached hydrogens (primary N) is 3. The molecule has 6 N–H and O–H groups in total. The van der Waals surface area contributed by atoms with Crippen molar-refractivity contribution in [1.82, 2.24) is 14.7 Å². The van der Waals surface area contributed by atoms with Gasteiger partial charge < -0.3 is 14.7 Å². The van der Waals surface area contributed by atoms with Gasteiger partial charge >= 0.3 is 0 Å². The molecule has 0 spiro atoms. The summed E-state index contributed by atoms with van der Waals surface area (Å²) in [5.41, 5.74) is 23.7. The van der Waals surface area contributed by atoms with Crippen molar-refractivity contribution < 1.29 is 16.2 Å². The Kier molecular flexibility index (Phi) is 6.87. The van der Waals surface area contributed by atoms with E-state index in [0.29, 0.717) is 33.9 Å². The standard InChI is InChI=1S/C30H24N6/c1-34-16-10-22(11-17-34)4-7-25-28(31)26(8-5-23-12-18-35(2)19-13-23)30(33)27(29(25)32)9-6-24-14-20-36(3)21-15-24/h10-21,31-33H,1-3H3/p+3. The highest BCUT2D eigenvalue weighted by Crippen LogP contribution is 2.19. The number of hydrogen-bond donors (Lipinski definition) is 3. The fourth-order valence-corrected chi connectivity index (χ4v) is 3.37. The molecule has 1 fully saturated rings. The quantitative estimate of drug-likeness (QED) is 0.410. The van der Waals surface area contributed by atoms with Crippen LogP contribution in [-0.2, 0) is 0 Å². The van der Waals surface area contributed by atoms with Crippen LogP contribution in [0.2, 0.25) is 0 Å². The Morgan fingerprint density at radius 3 is 0.861 bits per heavy atom. The van der Waals surface area contributed by atoms with Crippen molar-refractivity contribution in [1.29, 1.82) is 0 Å². The largest absolute Gasteiger partial charge is 0.357 e. The van der Waals surface area contributed by atoms with Gasteiger partial charge in [-0.15, -0.1) is 0 Å². The van der Waals surface area contributed by atoms with E-state index in [1.807, 2.05) is 109 Å². The van der Waals surface area contributed by atoms with E-state index in [2.05, 4.69) is 34.4 Å². The first kappa shape index (κ1) is 23.9. The van der Waals surface area contributed by atoms with Gasteiger partial charge in [0.1, 0.15) is 0 Å². The lowest BCUT2D eigenvalue weighted by molar-refractivity contribution is -0.124. The van der Waals surface area contributed by atoms with Gasteiger partial charge in [0.15, 0.2) is 16.7 Å². The SMILES string of the molecule is CN1C=CC(=C=C=C2C(=[NH2+])C(=C=C=C3C=CN(C)C=C3)C(=[NH2+])C(=C=C=C3C=CN(C)C=C3)C2=[NH2+])C=C1. The van der Waals surface area contributed by atoms with E-state index < -0.39 is 0 Å². The highest BCUT2D eigenvalue weighted by atomic mass is 15.1. The average molecular weight is 472 g/mol. The van der Waals surface area contributed by atoms with Crippen LogP contribution in [0.1, 0.15) is 0 Å². The smallest absolute Gasteiger partial charge is 0.242 e. The Morgan fingerprint density at radius 2 is 0.639 bits per heavy atom. The lowest BCUT2D eigenvalue weighted by Crippen LogP contribution is -2.60. The number of hydrogen-bond acceptors (Lipinski definition) is 3. The molecule has 1 aliphatic carbocycles. The van der Waals surface area contributed by atoms with Crippen molar-refractivity contribution in [3.05, 3.63) is 141 Å². The Labute approximate surface area is 210 Å². The second-order valence-corrected chi connectivity index (χ2v) is 8.37. The van der Waals surface area contributed by atoms with Crippen molar-refractivity contribution in [2.45, 2.75) is 0 Å². The van der Waals surface area contributed by atoms with E-state index in [9.17, 15) is 0 Å². The molecule has 3 aliphatic heterocycles. The van der Waals surface area contributed by atoms with E-state index >= 15 is 0 Å². The second kappa shape index (κ2) is 10.3. The fourth-order valence-electron chi connectivity index (χ4n) is 3.37. The summed E-state index contributed by atoms with van der Waals surface area (Å²) in [6.45, 7) is 0. The first-order chi connectivity index (χ1) is 17.3. The van der Waals surface area contributed by atoms with Crippen LogP contribution in [0.25, 0.3) is 0 Å². The van der Waals surface area contributed by atoms with Crippen LogP contribution in [0, 0.1) is 0 Å². The highest BCUT2D eigenvalue weighted by molar-refractivity contribution is 6.51. The molecule has 3 heterocycles. The van der Waals surface area contributed by atoms with E-state index in [0.717, 1.165) is 16.7 Å². The molecule has 4 rings (SSSR count). The molecule has 36 heavy (non-hydrogen) atoms. The zero-order valence-electron chi connectivity index (χ0n) is 20.5. The van der Waals surface area contributed by atoms with Gasteiger partial charge in [-0.25, -0.2) is 0 Å². The normalized spacial score (nSPS) is 18.4. The molecular formula is C30H27N6+3. The summed E-state index contributed by atoms with van der Waals surface area (Å²) >= 11 is 0. The molecule has 0 radical (unpaired) electrons. The summed E-state index contributed by atoms with van der Waals surface area (Å²) in [6.07, 6.45) is 23.1. The molecule has 0 amide bonds. The van der Waals surface area contributed by atoms with Crippen molar-refractivity contribution in [2.75, 3.05) is 21.1 Å². The van der Waals surface area contributed by atoms with Crippen molar-refractivity contribution in [3.8, 4) is 0 Å². The monoisotopic (exact) mass is 471 g/mol. The van der Waals surface area contributed by atoms with Gasteiger partial charge in [-0.2, -0.15) is 0 Å². The maximum atomic E-state index is 6.53. The number of allylic oxidation sites excluding steroid dienone is 12. The molecule has 0 aromatic heterocycles. The summed E-state index contributed by atoms with van der Waals surface area (Å²) in [7, 11) is 5.84. The third-order valence-corrected chi connectivity index (χ3v) is 5.55. The summed E-state index contributed by atoms with van der Waals surface area (Å²) in [5, 5.41) is 19.6. The maximum absolute atomic E-state index is 6.53. The molecule has 174 valence electrons. The number of nitrogens with zero attached hydrogens (tertiary/aromatic N) is 3. The molecule has 6 heteroatoms. The van der Waals surface area contributed by atoms with Crippen LogP contribution in [0.3, 0.4) is 0 Å². The Hall–Kier alpha value is -5.25. The zero-order valence-corrected chi connectivity index (χ0v) is 20.5. The topological polar surface area (TPSA) is 86.5 Å². The van der Waals surface area contributed by atoms with Crippen LogP contribution in [0.4, 0.5) is 0 Å². The molecule has 1 saturated carbocycles. The lowest BCUT2D eigenvalue weighted by atomic mass is 9.82. The van der Waals surface area contributed by atoms with Gasteiger partial charge in [0, 0.05) is 75.1 Å². The third kappa shape index (κ3) is 5.45. The summed E-state index contributed by atoms with van der Waals surface area (Å²) in [5.74, 6) is 0. The number of rotatable bonds is 0. The molecule has 0 atom stereocenters. The van der Waals surface area contributed by atoms with Crippen molar-refractivity contribution >= 4 is 17.1 Å². The van der Waals surface area contributed by atoms with Crippen molar-refractivity contribution in [2.24, 2.45) is 0 Å². The minimum Gasteiger partial charge on any atom is -0.357 e. The van der Waals surface area contributed by atoms with Crippen LogP contribution in [-0.4, -0.2) is 53.0 Å². The van der Waals surface area contributed by atoms with Crippen LogP contribution >= 0.6 is 0 Å². The van der Waals surface area contributed by atoms with E-state index in [-0.39, 0.29) is 0 Å². The third-order valence-electron chi connectivity index (χ3n) is 5.55. The van der Waals surface area contributed by atoms with E-state index in [1.165, 1.54) is 0 Å². The van der Waals surface area contributed by atoms with Gasteiger partial charge in [-0.05, 0) is 53.6 Å². The van der Waals surface area contributed by atoms with Crippen molar-refractivity contribution in [3.63, 3.8) is 0 Å². The van der Waals surface area contributed by atoms with Crippen LogP contribution in [0.15, 0.2) is 141 Å². The highest BCUT2D eigenvalue weighted by Gasteiger charge is 2.42. The molecule has 0 aromatic rings. The van der Waals surface area contributed by atoms with Gasteiger partial charge in [0.25, 0.3) is 0 Å². The molecule has 0 unspecified atom stereocenters. The Morgan fingerprint density at radius 1 is 0.417 bits per heavy atom. The predicted molar refractivity (Wildman–Crippen MR) is 141 cm³/mol. The summed E-state index contributed by atoms with van der Waals surface area (Å²) in [6, 6.07) is 0. The second-order valence-electron chi connectivity index (χ2n) is 8.37. The molecule has 0 saturated heterocycles. The van der Waals surface area contributed by atoms with Crippen LogP contribution < -0.4 is 16.2 Å². The Balaban J connectivity index is 1.93. The average Bonchev–Trinajstić information content (AvgIpc) is 2.87. The molecule has 0 aromatic carbocycles. The zero-order chi connectivity index (χ0) is 25.7. The Bertz CT molecular complexity index is 1310. The minimum atomic E-state index is 0.338. The van der Waals surface area contributed by atoms with Crippen LogP contribution in [0.5, 0.6) is 0 Å². The molecule has 4 aliphatic rings. The van der Waals surface area contributed by atoms with E-state index in [4.69, 9.17) is 16.2 Å². The van der Waals surface area contributed by atoms with E-state index in [1.54, 1.807) is 0 Å². The van der Waals surface area contributed by atoms with Gasteiger partial charge in [-0.3, -0.25) is 16.2 Å². The summed E-state index contributed by atoms with van der Waals surface area (Å²) < 4.78 is 0. The van der Waals surface area contributed by atoms with Gasteiger partial charge in [0.2, 0.25) is 17.1 Å². The first-order valence-electron chi connectivity index (χ1n) is 11.2.